The predicted molar refractivity (Wildman–Crippen MR) is 102 cm³/mol. The molecular formula is C23H27NO. The minimum absolute atomic E-state index is 0.535. The normalized spacial score (nSPS) is 20.0. The van der Waals surface area contributed by atoms with Crippen LogP contribution in [0.4, 0.5) is 0 Å². The van der Waals surface area contributed by atoms with Crippen molar-refractivity contribution in [3.63, 3.8) is 0 Å². The Balaban J connectivity index is 1.51. The van der Waals surface area contributed by atoms with Crippen molar-refractivity contribution in [1.82, 2.24) is 0 Å². The molecule has 0 spiro atoms. The molecule has 0 amide bonds. The summed E-state index contributed by atoms with van der Waals surface area (Å²) in [5.41, 5.74) is 3.22. The van der Waals surface area contributed by atoms with Gasteiger partial charge in [-0.05, 0) is 72.9 Å². The van der Waals surface area contributed by atoms with Gasteiger partial charge >= 0.3 is 0 Å². The minimum Gasteiger partial charge on any atom is -0.489 e. The maximum absolute atomic E-state index is 8.83. The van der Waals surface area contributed by atoms with E-state index in [-0.39, 0.29) is 0 Å². The minimum atomic E-state index is 0.535. The van der Waals surface area contributed by atoms with E-state index in [4.69, 9.17) is 10.00 Å². The van der Waals surface area contributed by atoms with E-state index in [1.54, 1.807) is 0 Å². The Bertz CT molecular complexity index is 688. The van der Waals surface area contributed by atoms with Crippen molar-refractivity contribution in [2.24, 2.45) is 5.92 Å². The van der Waals surface area contributed by atoms with Crippen molar-refractivity contribution in [2.45, 2.75) is 58.0 Å². The summed E-state index contributed by atoms with van der Waals surface area (Å²) in [5, 5.41) is 8.83. The van der Waals surface area contributed by atoms with Gasteiger partial charge in [-0.25, -0.2) is 0 Å². The Hall–Kier alpha value is -2.27. The lowest BCUT2D eigenvalue weighted by molar-refractivity contribution is 0.303. The molecule has 0 bridgehead atoms. The van der Waals surface area contributed by atoms with Crippen LogP contribution >= 0.6 is 0 Å². The van der Waals surface area contributed by atoms with E-state index < -0.39 is 0 Å². The molecule has 1 saturated carbocycles. The first-order valence-corrected chi connectivity index (χ1v) is 9.50. The van der Waals surface area contributed by atoms with Gasteiger partial charge in [-0.3, -0.25) is 0 Å². The van der Waals surface area contributed by atoms with Gasteiger partial charge in [0.25, 0.3) is 0 Å². The molecule has 2 aromatic carbocycles. The number of nitriles is 1. The fourth-order valence-electron chi connectivity index (χ4n) is 3.87. The second kappa shape index (κ2) is 8.72. The molecule has 0 N–H and O–H groups in total. The number of hydrogen-bond acceptors (Lipinski definition) is 2. The summed E-state index contributed by atoms with van der Waals surface area (Å²) in [6.45, 7) is 2.83. The van der Waals surface area contributed by atoms with Crippen LogP contribution in [0.5, 0.6) is 5.75 Å². The third kappa shape index (κ3) is 4.86. The van der Waals surface area contributed by atoms with Crippen LogP contribution in [0.1, 0.15) is 68.1 Å². The molecule has 2 aromatic rings. The van der Waals surface area contributed by atoms with Gasteiger partial charge in [0.05, 0.1) is 11.6 Å². The van der Waals surface area contributed by atoms with Crippen LogP contribution < -0.4 is 4.74 Å². The van der Waals surface area contributed by atoms with E-state index in [0.717, 1.165) is 23.1 Å². The molecule has 0 aromatic heterocycles. The van der Waals surface area contributed by atoms with Crippen molar-refractivity contribution in [2.75, 3.05) is 0 Å². The fraction of sp³-hybridized carbons (Fsp3) is 0.435. The van der Waals surface area contributed by atoms with E-state index in [2.05, 4.69) is 37.3 Å². The maximum atomic E-state index is 8.83. The quantitative estimate of drug-likeness (QED) is 0.629. The third-order valence-electron chi connectivity index (χ3n) is 5.38. The number of rotatable bonds is 6. The Morgan fingerprint density at radius 3 is 2.24 bits per heavy atom. The van der Waals surface area contributed by atoms with Crippen LogP contribution in [0.15, 0.2) is 48.5 Å². The summed E-state index contributed by atoms with van der Waals surface area (Å²) in [4.78, 5) is 0. The molecule has 2 heteroatoms. The van der Waals surface area contributed by atoms with Gasteiger partial charge in [0.15, 0.2) is 0 Å². The molecule has 1 aliphatic rings. The summed E-state index contributed by atoms with van der Waals surface area (Å²) >= 11 is 0. The van der Waals surface area contributed by atoms with E-state index in [9.17, 15) is 0 Å². The van der Waals surface area contributed by atoms with Crippen LogP contribution in [0.3, 0.4) is 0 Å². The molecule has 0 aliphatic heterocycles. The first-order valence-electron chi connectivity index (χ1n) is 9.50. The van der Waals surface area contributed by atoms with Gasteiger partial charge in [0, 0.05) is 0 Å². The SMILES string of the molecule is CCC[C@H]1CC[C@H](c2ccc(OCc3ccc(C#N)cc3)cc2)CC1. The molecule has 130 valence electrons. The summed E-state index contributed by atoms with van der Waals surface area (Å²) in [7, 11) is 0. The van der Waals surface area contributed by atoms with Gasteiger partial charge < -0.3 is 4.74 Å². The lowest BCUT2D eigenvalue weighted by Crippen LogP contribution is -2.13. The highest BCUT2D eigenvalue weighted by Gasteiger charge is 2.21. The lowest BCUT2D eigenvalue weighted by atomic mass is 9.77. The van der Waals surface area contributed by atoms with E-state index in [0.29, 0.717) is 12.2 Å². The molecule has 2 nitrogen and oxygen atoms in total. The average Bonchev–Trinajstić information content (AvgIpc) is 2.68. The van der Waals surface area contributed by atoms with Gasteiger partial charge in [0.2, 0.25) is 0 Å². The Morgan fingerprint density at radius 2 is 1.64 bits per heavy atom. The van der Waals surface area contributed by atoms with Crippen LogP contribution in [0.2, 0.25) is 0 Å². The molecule has 1 aliphatic carbocycles. The second-order valence-electron chi connectivity index (χ2n) is 7.17. The number of nitrogens with zero attached hydrogens (tertiary/aromatic N) is 1. The Labute approximate surface area is 151 Å². The largest absolute Gasteiger partial charge is 0.489 e. The summed E-state index contributed by atoms with van der Waals surface area (Å²) in [6.07, 6.45) is 8.15. The van der Waals surface area contributed by atoms with E-state index in [1.165, 1.54) is 44.1 Å². The molecule has 0 unspecified atom stereocenters. The molecule has 3 rings (SSSR count). The van der Waals surface area contributed by atoms with Gasteiger partial charge in [-0.2, -0.15) is 5.26 Å². The van der Waals surface area contributed by atoms with Gasteiger partial charge in [0.1, 0.15) is 12.4 Å². The topological polar surface area (TPSA) is 33.0 Å². The number of ether oxygens (including phenoxy) is 1. The molecule has 0 atom stereocenters. The maximum Gasteiger partial charge on any atom is 0.119 e. The van der Waals surface area contributed by atoms with Crippen molar-refractivity contribution < 1.29 is 4.74 Å². The highest BCUT2D eigenvalue weighted by Crippen LogP contribution is 2.37. The predicted octanol–water partition coefficient (Wildman–Crippen LogP) is 6.21. The van der Waals surface area contributed by atoms with Crippen molar-refractivity contribution in [3.8, 4) is 11.8 Å². The highest BCUT2D eigenvalue weighted by molar-refractivity contribution is 5.32. The highest BCUT2D eigenvalue weighted by atomic mass is 16.5. The zero-order chi connectivity index (χ0) is 17.5. The van der Waals surface area contributed by atoms with Crippen molar-refractivity contribution in [1.29, 1.82) is 5.26 Å². The molecule has 0 heterocycles. The monoisotopic (exact) mass is 333 g/mol. The zero-order valence-electron chi connectivity index (χ0n) is 15.1. The summed E-state index contributed by atoms with van der Waals surface area (Å²) < 4.78 is 5.87. The van der Waals surface area contributed by atoms with Crippen molar-refractivity contribution in [3.05, 3.63) is 65.2 Å². The standard InChI is InChI=1S/C23H27NO/c1-2-3-18-8-10-21(11-9-18)22-12-14-23(15-13-22)25-17-20-6-4-19(16-24)5-7-20/h4-7,12-15,18,21H,2-3,8-11,17H2,1H3/t18-,21-. The Kier molecular flexibility index (Phi) is 6.12. The molecule has 1 fully saturated rings. The van der Waals surface area contributed by atoms with Crippen LogP contribution in [-0.4, -0.2) is 0 Å². The van der Waals surface area contributed by atoms with Crippen LogP contribution in [0.25, 0.3) is 0 Å². The number of benzene rings is 2. The first-order chi connectivity index (χ1) is 12.3. The van der Waals surface area contributed by atoms with Gasteiger partial charge in [-0.15, -0.1) is 0 Å². The molecule has 25 heavy (non-hydrogen) atoms. The summed E-state index contributed by atoms with van der Waals surface area (Å²) in [5.74, 6) is 2.59. The third-order valence-corrected chi connectivity index (χ3v) is 5.38. The van der Waals surface area contributed by atoms with Gasteiger partial charge in [-0.1, -0.05) is 44.0 Å². The van der Waals surface area contributed by atoms with E-state index in [1.807, 2.05) is 24.3 Å². The second-order valence-corrected chi connectivity index (χ2v) is 7.17. The molecule has 0 radical (unpaired) electrons. The number of hydrogen-bond donors (Lipinski definition) is 0. The molecular weight excluding hydrogens is 306 g/mol. The Morgan fingerprint density at radius 1 is 0.960 bits per heavy atom. The zero-order valence-corrected chi connectivity index (χ0v) is 15.1. The lowest BCUT2D eigenvalue weighted by Gasteiger charge is -2.28. The van der Waals surface area contributed by atoms with E-state index >= 15 is 0 Å². The van der Waals surface area contributed by atoms with Crippen LogP contribution in [-0.2, 0) is 6.61 Å². The average molecular weight is 333 g/mol. The van der Waals surface area contributed by atoms with Crippen molar-refractivity contribution >= 4 is 0 Å². The van der Waals surface area contributed by atoms with Crippen LogP contribution in [0, 0.1) is 17.2 Å². The molecule has 0 saturated heterocycles. The summed E-state index contributed by atoms with van der Waals surface area (Å²) in [6, 6.07) is 18.3. The fourth-order valence-corrected chi connectivity index (χ4v) is 3.87. The smallest absolute Gasteiger partial charge is 0.119 e. The first kappa shape index (κ1) is 17.5.